The molecule has 0 saturated carbocycles. The number of fused-ring (bicyclic) bond motifs is 1. The second kappa shape index (κ2) is 5.56. The van der Waals surface area contributed by atoms with Gasteiger partial charge in [0.2, 0.25) is 0 Å². The third-order valence-electron chi connectivity index (χ3n) is 1.94. The van der Waals surface area contributed by atoms with E-state index in [1.165, 1.54) is 0 Å². The summed E-state index contributed by atoms with van der Waals surface area (Å²) in [4.78, 5) is 2.33. The van der Waals surface area contributed by atoms with Crippen LogP contribution in [0.1, 0.15) is 27.7 Å². The molecule has 11 heavy (non-hydrogen) atoms. The van der Waals surface area contributed by atoms with Gasteiger partial charge in [-0.15, -0.1) is 0 Å². The van der Waals surface area contributed by atoms with Crippen LogP contribution in [0.2, 0.25) is 0 Å². The number of nitrogens with zero attached hydrogens (tertiary/aromatic N) is 1. The van der Waals surface area contributed by atoms with Crippen molar-refractivity contribution in [3.05, 3.63) is 0 Å². The highest BCUT2D eigenvalue weighted by molar-refractivity contribution is 4.97. The van der Waals surface area contributed by atoms with E-state index < -0.39 is 0 Å². The molecule has 2 heteroatoms. The first-order valence-electron chi connectivity index (χ1n) is 4.70. The van der Waals surface area contributed by atoms with E-state index in [9.17, 15) is 0 Å². The van der Waals surface area contributed by atoms with Crippen molar-refractivity contribution in [2.24, 2.45) is 0 Å². The van der Waals surface area contributed by atoms with Gasteiger partial charge in [-0.1, -0.05) is 27.7 Å². The Morgan fingerprint density at radius 1 is 1.18 bits per heavy atom. The summed E-state index contributed by atoms with van der Waals surface area (Å²) in [5.74, 6) is 0. The molecule has 2 aliphatic heterocycles. The molecule has 2 heterocycles. The molecule has 0 spiro atoms. The third kappa shape index (κ3) is 2.17. The number of hydrogen-bond acceptors (Lipinski definition) is 2. The lowest BCUT2D eigenvalue weighted by Crippen LogP contribution is -2.68. The minimum Gasteiger partial charge on any atom is -0.373 e. The van der Waals surface area contributed by atoms with Gasteiger partial charge in [0.15, 0.2) is 0 Å². The van der Waals surface area contributed by atoms with Gasteiger partial charge < -0.3 is 4.74 Å². The van der Waals surface area contributed by atoms with E-state index in [4.69, 9.17) is 4.74 Å². The first-order chi connectivity index (χ1) is 5.38. The van der Waals surface area contributed by atoms with Gasteiger partial charge in [0.25, 0.3) is 0 Å². The quantitative estimate of drug-likeness (QED) is 0.534. The Labute approximate surface area is 70.5 Å². The lowest BCUT2D eigenvalue weighted by Gasteiger charge is -2.53. The molecular weight excluding hydrogens is 138 g/mol. The average molecular weight is 159 g/mol. The van der Waals surface area contributed by atoms with Gasteiger partial charge in [-0.05, 0) is 7.05 Å². The van der Waals surface area contributed by atoms with Crippen molar-refractivity contribution in [2.45, 2.75) is 39.8 Å². The minimum atomic E-state index is 0.616. The maximum atomic E-state index is 5.16. The van der Waals surface area contributed by atoms with E-state index in [0.717, 1.165) is 19.2 Å². The van der Waals surface area contributed by atoms with Crippen molar-refractivity contribution < 1.29 is 4.74 Å². The summed E-state index contributed by atoms with van der Waals surface area (Å²) in [6.45, 7) is 10.1. The second-order valence-electron chi connectivity index (χ2n) is 2.38. The molecule has 0 amide bonds. The van der Waals surface area contributed by atoms with E-state index in [1.54, 1.807) is 0 Å². The van der Waals surface area contributed by atoms with E-state index >= 15 is 0 Å². The zero-order valence-electron chi connectivity index (χ0n) is 8.42. The summed E-state index contributed by atoms with van der Waals surface area (Å²) < 4.78 is 5.16. The molecule has 2 aliphatic rings. The van der Waals surface area contributed by atoms with Crippen LogP contribution in [0.3, 0.4) is 0 Å². The predicted octanol–water partition coefficient (Wildman–Crippen LogP) is 1.75. The average Bonchev–Trinajstić information content (AvgIpc) is 2.07. The zero-order valence-corrected chi connectivity index (χ0v) is 8.42. The summed E-state index contributed by atoms with van der Waals surface area (Å²) in [5.41, 5.74) is 0. The van der Waals surface area contributed by atoms with Crippen LogP contribution >= 0.6 is 0 Å². The molecular formula is C9H21NO. The number of hydrogen-bond donors (Lipinski definition) is 0. The largest absolute Gasteiger partial charge is 0.373 e. The van der Waals surface area contributed by atoms with Crippen LogP contribution < -0.4 is 0 Å². The molecule has 2 rings (SSSR count). The standard InChI is InChI=1S/C5H9NO.2C2H6/c1-6-2-5-4(6)3-7-5;2*1-2/h4-5H,2-3H2,1H3;2*1-2H3. The van der Waals surface area contributed by atoms with Crippen LogP contribution in [0.4, 0.5) is 0 Å². The number of morpholine rings is 1. The fourth-order valence-corrected chi connectivity index (χ4v) is 1.19. The molecule has 2 unspecified atom stereocenters. The molecule has 0 aromatic heterocycles. The summed E-state index contributed by atoms with van der Waals surface area (Å²) in [6, 6.07) is 0.792. The first kappa shape index (κ1) is 10.9. The zero-order chi connectivity index (χ0) is 8.85. The maximum absolute atomic E-state index is 5.16. The van der Waals surface area contributed by atoms with E-state index in [0.29, 0.717) is 6.10 Å². The highest BCUT2D eigenvalue weighted by atomic mass is 16.5. The van der Waals surface area contributed by atoms with Gasteiger partial charge in [-0.2, -0.15) is 0 Å². The molecule has 2 nitrogen and oxygen atoms in total. The van der Waals surface area contributed by atoms with Crippen molar-refractivity contribution in [1.29, 1.82) is 0 Å². The molecule has 2 saturated heterocycles. The Kier molecular flexibility index (Phi) is 5.51. The topological polar surface area (TPSA) is 12.5 Å². The van der Waals surface area contributed by atoms with Gasteiger partial charge >= 0.3 is 0 Å². The fraction of sp³-hybridized carbons (Fsp3) is 1.00. The molecule has 0 bridgehead atoms. The Balaban J connectivity index is 0.000000222. The predicted molar refractivity (Wildman–Crippen MR) is 48.9 cm³/mol. The smallest absolute Gasteiger partial charge is 0.0880 e. The van der Waals surface area contributed by atoms with Crippen LogP contribution in [-0.4, -0.2) is 37.2 Å². The van der Waals surface area contributed by atoms with Crippen molar-refractivity contribution in [3.63, 3.8) is 0 Å². The highest BCUT2D eigenvalue weighted by Gasteiger charge is 2.44. The van der Waals surface area contributed by atoms with Crippen molar-refractivity contribution in [3.8, 4) is 0 Å². The van der Waals surface area contributed by atoms with E-state index in [-0.39, 0.29) is 0 Å². The van der Waals surface area contributed by atoms with Crippen LogP contribution in [0.25, 0.3) is 0 Å². The molecule has 0 aromatic rings. The summed E-state index contributed by atoms with van der Waals surface area (Å²) in [5, 5.41) is 0. The first-order valence-corrected chi connectivity index (χ1v) is 4.70. The van der Waals surface area contributed by atoms with Crippen molar-refractivity contribution in [2.75, 3.05) is 20.2 Å². The van der Waals surface area contributed by atoms with Crippen LogP contribution in [0, 0.1) is 0 Å². The molecule has 0 aliphatic carbocycles. The third-order valence-corrected chi connectivity index (χ3v) is 1.94. The van der Waals surface area contributed by atoms with Gasteiger partial charge in [-0.3, -0.25) is 4.90 Å². The Morgan fingerprint density at radius 3 is 1.73 bits per heavy atom. The number of likely N-dealkylation sites (tertiary alicyclic amines) is 1. The van der Waals surface area contributed by atoms with E-state index in [1.807, 2.05) is 27.7 Å². The summed E-state index contributed by atoms with van der Waals surface area (Å²) in [7, 11) is 2.14. The van der Waals surface area contributed by atoms with Gasteiger partial charge in [0.05, 0.1) is 18.8 Å². The fourth-order valence-electron chi connectivity index (χ4n) is 1.19. The Hall–Kier alpha value is -0.0800. The minimum absolute atomic E-state index is 0.616. The van der Waals surface area contributed by atoms with Gasteiger partial charge in [0.1, 0.15) is 0 Å². The summed E-state index contributed by atoms with van der Waals surface area (Å²) in [6.07, 6.45) is 0.616. The lowest BCUT2D eigenvalue weighted by atomic mass is 9.96. The molecule has 0 N–H and O–H groups in total. The van der Waals surface area contributed by atoms with Crippen molar-refractivity contribution in [1.82, 2.24) is 4.90 Å². The SMILES string of the molecule is CC.CC.CN1CC2OCC21. The lowest BCUT2D eigenvalue weighted by molar-refractivity contribution is -0.205. The normalized spacial score (nSPS) is 32.5. The van der Waals surface area contributed by atoms with Crippen LogP contribution in [0.15, 0.2) is 0 Å². The van der Waals surface area contributed by atoms with Gasteiger partial charge in [-0.25, -0.2) is 0 Å². The maximum Gasteiger partial charge on any atom is 0.0880 e. The Morgan fingerprint density at radius 2 is 1.73 bits per heavy atom. The van der Waals surface area contributed by atoms with Gasteiger partial charge in [0, 0.05) is 6.54 Å². The molecule has 0 radical (unpaired) electrons. The summed E-state index contributed by atoms with van der Waals surface area (Å²) >= 11 is 0. The molecule has 68 valence electrons. The highest BCUT2D eigenvalue weighted by Crippen LogP contribution is 2.27. The van der Waals surface area contributed by atoms with Crippen molar-refractivity contribution >= 4 is 0 Å². The number of ether oxygens (including phenoxy) is 1. The monoisotopic (exact) mass is 159 g/mol. The Bertz CT molecular complexity index is 91.6. The second-order valence-corrected chi connectivity index (χ2v) is 2.38. The van der Waals surface area contributed by atoms with E-state index in [2.05, 4.69) is 11.9 Å². The van der Waals surface area contributed by atoms with Crippen LogP contribution in [-0.2, 0) is 4.74 Å². The molecule has 0 aromatic carbocycles. The van der Waals surface area contributed by atoms with Crippen LogP contribution in [0.5, 0.6) is 0 Å². The molecule has 2 fully saturated rings. The molecule has 2 atom stereocenters. The number of likely N-dealkylation sites (N-methyl/N-ethyl adjacent to an activating group) is 1. The number of rotatable bonds is 0.